The normalized spacial score (nSPS) is 13.2. The molecule has 2 nitrogen and oxygen atoms in total. The second-order valence-electron chi connectivity index (χ2n) is 5.48. The maximum absolute atomic E-state index is 6.30. The minimum absolute atomic E-state index is 0.233. The van der Waals surface area contributed by atoms with Crippen LogP contribution in [0.3, 0.4) is 0 Å². The molecule has 19 heavy (non-hydrogen) atoms. The lowest BCUT2D eigenvalue weighted by molar-refractivity contribution is 0.221. The van der Waals surface area contributed by atoms with Gasteiger partial charge < -0.3 is 10.6 Å². The van der Waals surface area contributed by atoms with Crippen molar-refractivity contribution in [2.24, 2.45) is 11.7 Å². The third kappa shape index (κ3) is 6.22. The summed E-state index contributed by atoms with van der Waals surface area (Å²) >= 11 is 0. The molecule has 0 aromatic heterocycles. The average Bonchev–Trinajstić information content (AvgIpc) is 2.44. The van der Waals surface area contributed by atoms with Gasteiger partial charge in [0.05, 0.1) is 0 Å². The molecule has 0 saturated carbocycles. The summed E-state index contributed by atoms with van der Waals surface area (Å²) in [7, 11) is 0. The van der Waals surface area contributed by atoms with E-state index in [2.05, 4.69) is 56.0 Å². The highest BCUT2D eigenvalue weighted by molar-refractivity contribution is 5.15. The molecule has 2 N–H and O–H groups in total. The van der Waals surface area contributed by atoms with Crippen molar-refractivity contribution in [2.45, 2.75) is 46.1 Å². The van der Waals surface area contributed by atoms with Crippen molar-refractivity contribution in [1.82, 2.24) is 4.90 Å². The van der Waals surface area contributed by atoms with Gasteiger partial charge in [-0.05, 0) is 24.4 Å². The first-order valence-corrected chi connectivity index (χ1v) is 7.71. The number of rotatable bonds is 9. The lowest BCUT2D eigenvalue weighted by atomic mass is 10.0. The van der Waals surface area contributed by atoms with Crippen LogP contribution in [-0.2, 0) is 6.42 Å². The second kappa shape index (κ2) is 9.11. The molecule has 1 aromatic rings. The molecule has 0 fully saturated rings. The molecule has 0 aliphatic rings. The summed E-state index contributed by atoms with van der Waals surface area (Å²) < 4.78 is 0. The highest BCUT2D eigenvalue weighted by atomic mass is 15.1. The van der Waals surface area contributed by atoms with E-state index < -0.39 is 0 Å². The van der Waals surface area contributed by atoms with Gasteiger partial charge in [-0.1, -0.05) is 63.9 Å². The van der Waals surface area contributed by atoms with Crippen LogP contribution in [0.1, 0.15) is 39.2 Å². The Balaban J connectivity index is 2.42. The highest BCUT2D eigenvalue weighted by Crippen LogP contribution is 2.11. The fourth-order valence-corrected chi connectivity index (χ4v) is 2.56. The van der Waals surface area contributed by atoms with E-state index in [-0.39, 0.29) is 6.04 Å². The standard InChI is InChI=1S/C17H30N2/c1-4-15(5-2)13-19(6-3)14-17(18)12-16-10-8-7-9-11-16/h7-11,15,17H,4-6,12-14,18H2,1-3H3. The van der Waals surface area contributed by atoms with Crippen LogP contribution in [0, 0.1) is 5.92 Å². The molecule has 0 amide bonds. The van der Waals surface area contributed by atoms with E-state index >= 15 is 0 Å². The first-order valence-electron chi connectivity index (χ1n) is 7.71. The Hall–Kier alpha value is -0.860. The van der Waals surface area contributed by atoms with Crippen LogP contribution in [0.4, 0.5) is 0 Å². The van der Waals surface area contributed by atoms with Gasteiger partial charge in [0.2, 0.25) is 0 Å². The van der Waals surface area contributed by atoms with Crippen molar-refractivity contribution in [1.29, 1.82) is 0 Å². The lowest BCUT2D eigenvalue weighted by Gasteiger charge is -2.27. The zero-order chi connectivity index (χ0) is 14.1. The Morgan fingerprint density at radius 1 is 1.00 bits per heavy atom. The molecule has 0 aliphatic carbocycles. The van der Waals surface area contributed by atoms with E-state index in [9.17, 15) is 0 Å². The zero-order valence-electron chi connectivity index (χ0n) is 12.8. The molecule has 1 aromatic carbocycles. The van der Waals surface area contributed by atoms with Crippen molar-refractivity contribution in [2.75, 3.05) is 19.6 Å². The molecule has 108 valence electrons. The van der Waals surface area contributed by atoms with Gasteiger partial charge in [-0.15, -0.1) is 0 Å². The average molecular weight is 262 g/mol. The van der Waals surface area contributed by atoms with Gasteiger partial charge in [-0.25, -0.2) is 0 Å². The summed E-state index contributed by atoms with van der Waals surface area (Å²) in [6.07, 6.45) is 3.50. The predicted octanol–water partition coefficient (Wildman–Crippen LogP) is 3.31. The summed E-state index contributed by atoms with van der Waals surface area (Å²) in [6, 6.07) is 10.8. The monoisotopic (exact) mass is 262 g/mol. The van der Waals surface area contributed by atoms with E-state index in [4.69, 9.17) is 5.73 Å². The van der Waals surface area contributed by atoms with Crippen LogP contribution < -0.4 is 5.73 Å². The summed E-state index contributed by atoms with van der Waals surface area (Å²) in [6.45, 7) is 10.1. The van der Waals surface area contributed by atoms with E-state index in [0.29, 0.717) is 0 Å². The first-order chi connectivity index (χ1) is 9.19. The Kier molecular flexibility index (Phi) is 7.76. The third-order valence-electron chi connectivity index (χ3n) is 3.95. The maximum atomic E-state index is 6.30. The van der Waals surface area contributed by atoms with E-state index in [1.54, 1.807) is 0 Å². The molecule has 0 bridgehead atoms. The third-order valence-corrected chi connectivity index (χ3v) is 3.95. The Morgan fingerprint density at radius 2 is 1.63 bits per heavy atom. The van der Waals surface area contributed by atoms with Gasteiger partial charge in [-0.3, -0.25) is 0 Å². The quantitative estimate of drug-likeness (QED) is 0.740. The highest BCUT2D eigenvalue weighted by Gasteiger charge is 2.13. The van der Waals surface area contributed by atoms with Crippen molar-refractivity contribution < 1.29 is 0 Å². The van der Waals surface area contributed by atoms with Crippen LogP contribution in [0.25, 0.3) is 0 Å². The fraction of sp³-hybridized carbons (Fsp3) is 0.647. The Morgan fingerprint density at radius 3 is 2.16 bits per heavy atom. The molecule has 1 unspecified atom stereocenters. The van der Waals surface area contributed by atoms with Gasteiger partial charge in [-0.2, -0.15) is 0 Å². The van der Waals surface area contributed by atoms with Crippen molar-refractivity contribution in [3.05, 3.63) is 35.9 Å². The van der Waals surface area contributed by atoms with Crippen molar-refractivity contribution in [3.63, 3.8) is 0 Å². The lowest BCUT2D eigenvalue weighted by Crippen LogP contribution is -2.41. The topological polar surface area (TPSA) is 29.3 Å². The molecule has 0 heterocycles. The van der Waals surface area contributed by atoms with Crippen LogP contribution in [0.15, 0.2) is 30.3 Å². The molecule has 1 rings (SSSR count). The molecular weight excluding hydrogens is 232 g/mol. The summed E-state index contributed by atoms with van der Waals surface area (Å²) in [4.78, 5) is 2.51. The number of hydrogen-bond donors (Lipinski definition) is 1. The van der Waals surface area contributed by atoms with Crippen molar-refractivity contribution in [3.8, 4) is 0 Å². The minimum Gasteiger partial charge on any atom is -0.326 e. The number of likely N-dealkylation sites (N-methyl/N-ethyl adjacent to an activating group) is 1. The SMILES string of the molecule is CCC(CC)CN(CC)CC(N)Cc1ccccc1. The molecule has 0 aliphatic heterocycles. The summed E-state index contributed by atoms with van der Waals surface area (Å²) in [5.41, 5.74) is 7.64. The van der Waals surface area contributed by atoms with Crippen LogP contribution in [0.5, 0.6) is 0 Å². The minimum atomic E-state index is 0.233. The first kappa shape index (κ1) is 16.2. The largest absolute Gasteiger partial charge is 0.326 e. The second-order valence-corrected chi connectivity index (χ2v) is 5.48. The molecule has 1 atom stereocenters. The summed E-state index contributed by atoms with van der Waals surface area (Å²) in [5.74, 6) is 0.809. The molecule has 0 saturated heterocycles. The van der Waals surface area contributed by atoms with Gasteiger partial charge in [0.25, 0.3) is 0 Å². The molecule has 0 radical (unpaired) electrons. The molecule has 2 heteroatoms. The number of nitrogens with zero attached hydrogens (tertiary/aromatic N) is 1. The van der Waals surface area contributed by atoms with Gasteiger partial charge in [0, 0.05) is 19.1 Å². The number of nitrogens with two attached hydrogens (primary N) is 1. The molecular formula is C17H30N2. The van der Waals surface area contributed by atoms with Gasteiger partial charge in [0.15, 0.2) is 0 Å². The van der Waals surface area contributed by atoms with Crippen LogP contribution in [0.2, 0.25) is 0 Å². The van der Waals surface area contributed by atoms with Crippen molar-refractivity contribution >= 4 is 0 Å². The smallest absolute Gasteiger partial charge is 0.0208 e. The predicted molar refractivity (Wildman–Crippen MR) is 84.3 cm³/mol. The zero-order valence-corrected chi connectivity index (χ0v) is 12.8. The molecule has 0 spiro atoms. The Bertz CT molecular complexity index is 319. The number of benzene rings is 1. The fourth-order valence-electron chi connectivity index (χ4n) is 2.56. The van der Waals surface area contributed by atoms with E-state index in [1.165, 1.54) is 24.9 Å². The number of hydrogen-bond acceptors (Lipinski definition) is 2. The van der Waals surface area contributed by atoms with Crippen LogP contribution in [-0.4, -0.2) is 30.6 Å². The van der Waals surface area contributed by atoms with E-state index in [0.717, 1.165) is 25.4 Å². The van der Waals surface area contributed by atoms with Crippen LogP contribution >= 0.6 is 0 Å². The van der Waals surface area contributed by atoms with Gasteiger partial charge >= 0.3 is 0 Å². The summed E-state index contributed by atoms with van der Waals surface area (Å²) in [5, 5.41) is 0. The van der Waals surface area contributed by atoms with E-state index in [1.807, 2.05) is 0 Å². The maximum Gasteiger partial charge on any atom is 0.0208 e. The Labute approximate surface area is 119 Å². The van der Waals surface area contributed by atoms with Gasteiger partial charge in [0.1, 0.15) is 0 Å².